The highest BCUT2D eigenvalue weighted by molar-refractivity contribution is 5.76. The van der Waals surface area contributed by atoms with Gasteiger partial charge in [-0.05, 0) is 42.7 Å². The average Bonchev–Trinajstić information content (AvgIpc) is 3.49. The summed E-state index contributed by atoms with van der Waals surface area (Å²) in [4.78, 5) is 16.8. The molecular formula is C23H28N4O3. The number of hydrogen-bond acceptors (Lipinski definition) is 6. The SMILES string of the molecule is O=C(CCC1CCCC1)N1CCN(c2ccc(-c3ccc4c(c3)OCO4)nn2)CC1. The normalized spacial score (nSPS) is 18.8. The summed E-state index contributed by atoms with van der Waals surface area (Å²) < 4.78 is 10.8. The minimum absolute atomic E-state index is 0.262. The molecule has 30 heavy (non-hydrogen) atoms. The number of aromatic nitrogens is 2. The van der Waals surface area contributed by atoms with E-state index in [0.29, 0.717) is 12.3 Å². The van der Waals surface area contributed by atoms with Gasteiger partial charge in [-0.1, -0.05) is 25.7 Å². The smallest absolute Gasteiger partial charge is 0.231 e. The molecular weight excluding hydrogens is 380 g/mol. The molecule has 3 aliphatic rings. The highest BCUT2D eigenvalue weighted by Gasteiger charge is 2.24. The number of fused-ring (bicyclic) bond motifs is 1. The molecule has 1 aromatic heterocycles. The van der Waals surface area contributed by atoms with Crippen LogP contribution < -0.4 is 14.4 Å². The summed E-state index contributed by atoms with van der Waals surface area (Å²) in [6.07, 6.45) is 7.06. The molecule has 0 N–H and O–H groups in total. The number of hydrogen-bond donors (Lipinski definition) is 0. The first-order valence-electron chi connectivity index (χ1n) is 11.0. The molecule has 1 aromatic carbocycles. The molecule has 1 saturated heterocycles. The Balaban J connectivity index is 1.15. The van der Waals surface area contributed by atoms with Gasteiger partial charge in [-0.25, -0.2) is 0 Å². The Kier molecular flexibility index (Phi) is 5.43. The van der Waals surface area contributed by atoms with Gasteiger partial charge in [0.15, 0.2) is 17.3 Å². The van der Waals surface area contributed by atoms with E-state index in [1.54, 1.807) is 0 Å². The molecule has 0 atom stereocenters. The minimum atomic E-state index is 0.262. The summed E-state index contributed by atoms with van der Waals surface area (Å²) in [5, 5.41) is 8.84. The number of benzene rings is 1. The van der Waals surface area contributed by atoms with Crippen molar-refractivity contribution < 1.29 is 14.3 Å². The number of nitrogens with zero attached hydrogens (tertiary/aromatic N) is 4. The van der Waals surface area contributed by atoms with Gasteiger partial charge in [-0.3, -0.25) is 4.79 Å². The summed E-state index contributed by atoms with van der Waals surface area (Å²) in [6, 6.07) is 9.79. The van der Waals surface area contributed by atoms with E-state index in [1.165, 1.54) is 25.7 Å². The molecule has 0 bridgehead atoms. The number of piperazine rings is 1. The Morgan fingerprint density at radius 3 is 2.53 bits per heavy atom. The molecule has 3 heterocycles. The van der Waals surface area contributed by atoms with Crippen molar-refractivity contribution in [1.82, 2.24) is 15.1 Å². The van der Waals surface area contributed by atoms with Crippen LogP contribution >= 0.6 is 0 Å². The monoisotopic (exact) mass is 408 g/mol. The van der Waals surface area contributed by atoms with Crippen LogP contribution in [0.4, 0.5) is 5.82 Å². The van der Waals surface area contributed by atoms with Gasteiger partial charge < -0.3 is 19.3 Å². The maximum atomic E-state index is 12.5. The van der Waals surface area contributed by atoms with Crippen LogP contribution in [0.1, 0.15) is 38.5 Å². The van der Waals surface area contributed by atoms with E-state index in [0.717, 1.165) is 67.1 Å². The van der Waals surface area contributed by atoms with Gasteiger partial charge in [0.05, 0.1) is 5.69 Å². The van der Waals surface area contributed by atoms with Gasteiger partial charge in [0.2, 0.25) is 12.7 Å². The predicted octanol–water partition coefficient (Wildman–Crippen LogP) is 3.49. The van der Waals surface area contributed by atoms with Crippen LogP contribution in [0.5, 0.6) is 11.5 Å². The summed E-state index contributed by atoms with van der Waals surface area (Å²) in [5.41, 5.74) is 1.76. The van der Waals surface area contributed by atoms with E-state index >= 15 is 0 Å². The third-order valence-corrected chi connectivity index (χ3v) is 6.52. The fourth-order valence-corrected chi connectivity index (χ4v) is 4.67. The zero-order valence-electron chi connectivity index (χ0n) is 17.3. The fraction of sp³-hybridized carbons (Fsp3) is 0.522. The number of carbonyl (C=O) groups excluding carboxylic acids is 1. The third-order valence-electron chi connectivity index (χ3n) is 6.52. The van der Waals surface area contributed by atoms with Crippen molar-refractivity contribution in [2.75, 3.05) is 37.9 Å². The van der Waals surface area contributed by atoms with Gasteiger partial charge in [0.25, 0.3) is 0 Å². The van der Waals surface area contributed by atoms with Crippen molar-refractivity contribution in [3.63, 3.8) is 0 Å². The second-order valence-corrected chi connectivity index (χ2v) is 8.40. The molecule has 2 aliphatic heterocycles. The number of amides is 1. The quantitative estimate of drug-likeness (QED) is 0.754. The molecule has 5 rings (SSSR count). The summed E-state index contributed by atoms with van der Waals surface area (Å²) in [6.45, 7) is 3.38. The Labute approximate surface area is 177 Å². The molecule has 7 heteroatoms. The average molecular weight is 409 g/mol. The maximum absolute atomic E-state index is 12.5. The van der Waals surface area contributed by atoms with Gasteiger partial charge in [0, 0.05) is 38.2 Å². The van der Waals surface area contributed by atoms with Crippen LogP contribution in [0.3, 0.4) is 0 Å². The van der Waals surface area contributed by atoms with Crippen molar-refractivity contribution in [1.29, 1.82) is 0 Å². The lowest BCUT2D eigenvalue weighted by Crippen LogP contribution is -2.49. The van der Waals surface area contributed by atoms with E-state index in [1.807, 2.05) is 35.2 Å². The van der Waals surface area contributed by atoms with Crippen molar-refractivity contribution >= 4 is 11.7 Å². The summed E-state index contributed by atoms with van der Waals surface area (Å²) in [7, 11) is 0. The Bertz CT molecular complexity index is 888. The number of carbonyl (C=O) groups is 1. The number of rotatable bonds is 5. The molecule has 0 unspecified atom stereocenters. The highest BCUT2D eigenvalue weighted by Crippen LogP contribution is 2.35. The van der Waals surface area contributed by atoms with Gasteiger partial charge in [-0.2, -0.15) is 0 Å². The Morgan fingerprint density at radius 1 is 0.967 bits per heavy atom. The molecule has 2 fully saturated rings. The van der Waals surface area contributed by atoms with Crippen LogP contribution in [0.2, 0.25) is 0 Å². The van der Waals surface area contributed by atoms with Crippen molar-refractivity contribution in [3.8, 4) is 22.8 Å². The van der Waals surface area contributed by atoms with Crippen LogP contribution in [-0.4, -0.2) is 54.0 Å². The lowest BCUT2D eigenvalue weighted by Gasteiger charge is -2.35. The molecule has 7 nitrogen and oxygen atoms in total. The first kappa shape index (κ1) is 19.2. The molecule has 1 amide bonds. The van der Waals surface area contributed by atoms with Crippen LogP contribution in [0.15, 0.2) is 30.3 Å². The predicted molar refractivity (Wildman–Crippen MR) is 114 cm³/mol. The molecule has 0 spiro atoms. The van der Waals surface area contributed by atoms with Crippen molar-refractivity contribution in [2.45, 2.75) is 38.5 Å². The van der Waals surface area contributed by atoms with E-state index in [9.17, 15) is 4.79 Å². The van der Waals surface area contributed by atoms with Crippen molar-refractivity contribution in [3.05, 3.63) is 30.3 Å². The van der Waals surface area contributed by atoms with Crippen molar-refractivity contribution in [2.24, 2.45) is 5.92 Å². The molecule has 0 radical (unpaired) electrons. The number of anilines is 1. The fourth-order valence-electron chi connectivity index (χ4n) is 4.67. The van der Waals surface area contributed by atoms with E-state index in [-0.39, 0.29) is 6.79 Å². The standard InChI is InChI=1S/C23H28N4O3/c28-23(10-5-17-3-1-2-4-17)27-13-11-26(12-14-27)22-9-7-19(24-25-22)18-6-8-20-21(15-18)30-16-29-20/h6-9,15,17H,1-5,10-14,16H2. The molecule has 1 saturated carbocycles. The molecule has 2 aromatic rings. The highest BCUT2D eigenvalue weighted by atomic mass is 16.7. The zero-order valence-corrected chi connectivity index (χ0v) is 17.3. The van der Waals surface area contributed by atoms with E-state index in [4.69, 9.17) is 9.47 Å². The summed E-state index contributed by atoms with van der Waals surface area (Å²) in [5.74, 6) is 3.45. The first-order valence-corrected chi connectivity index (χ1v) is 11.0. The Hall–Kier alpha value is -2.83. The number of ether oxygens (including phenoxy) is 2. The second-order valence-electron chi connectivity index (χ2n) is 8.40. The summed E-state index contributed by atoms with van der Waals surface area (Å²) >= 11 is 0. The van der Waals surface area contributed by atoms with Gasteiger partial charge in [-0.15, -0.1) is 10.2 Å². The van der Waals surface area contributed by atoms with Gasteiger partial charge >= 0.3 is 0 Å². The topological polar surface area (TPSA) is 67.8 Å². The van der Waals surface area contributed by atoms with E-state index in [2.05, 4.69) is 15.1 Å². The lowest BCUT2D eigenvalue weighted by atomic mass is 10.0. The second kappa shape index (κ2) is 8.50. The zero-order chi connectivity index (χ0) is 20.3. The lowest BCUT2D eigenvalue weighted by molar-refractivity contribution is -0.131. The third kappa shape index (κ3) is 4.06. The maximum Gasteiger partial charge on any atom is 0.231 e. The van der Waals surface area contributed by atoms with Crippen LogP contribution in [0.25, 0.3) is 11.3 Å². The Morgan fingerprint density at radius 2 is 1.77 bits per heavy atom. The first-order chi connectivity index (χ1) is 14.8. The van der Waals surface area contributed by atoms with E-state index < -0.39 is 0 Å². The molecule has 158 valence electrons. The molecule has 1 aliphatic carbocycles. The largest absolute Gasteiger partial charge is 0.454 e. The minimum Gasteiger partial charge on any atom is -0.454 e. The van der Waals surface area contributed by atoms with Gasteiger partial charge in [0.1, 0.15) is 0 Å². The van der Waals surface area contributed by atoms with Crippen LogP contribution in [-0.2, 0) is 4.79 Å². The van der Waals surface area contributed by atoms with Crippen LogP contribution in [0, 0.1) is 5.92 Å².